The maximum absolute atomic E-state index is 12.4. The second kappa shape index (κ2) is 4.84. The first-order valence-electron chi connectivity index (χ1n) is 5.57. The molecule has 100 valence electrons. The first-order chi connectivity index (χ1) is 7.70. The van der Waals surface area contributed by atoms with E-state index in [1.807, 2.05) is 0 Å². The van der Waals surface area contributed by atoms with E-state index in [2.05, 4.69) is 4.74 Å². The smallest absolute Gasteiger partial charge is 0.391 e. The number of carbonyl (C=O) groups is 1. The molecule has 0 radical (unpaired) electrons. The summed E-state index contributed by atoms with van der Waals surface area (Å²) in [5, 5.41) is 10.2. The van der Waals surface area contributed by atoms with Crippen molar-refractivity contribution in [2.45, 2.75) is 44.4 Å². The highest BCUT2D eigenvalue weighted by atomic mass is 19.4. The molecule has 1 N–H and O–H groups in total. The molecule has 0 saturated heterocycles. The number of hydrogen-bond acceptors (Lipinski definition) is 3. The van der Waals surface area contributed by atoms with E-state index in [0.717, 1.165) is 0 Å². The third kappa shape index (κ3) is 3.12. The maximum atomic E-state index is 12.4. The van der Waals surface area contributed by atoms with Crippen LogP contribution in [0.2, 0.25) is 0 Å². The van der Waals surface area contributed by atoms with Crippen molar-refractivity contribution in [2.24, 2.45) is 11.8 Å². The van der Waals surface area contributed by atoms with Gasteiger partial charge in [0.25, 0.3) is 0 Å². The van der Waals surface area contributed by atoms with E-state index in [0.29, 0.717) is 0 Å². The molecule has 0 aromatic carbocycles. The summed E-state index contributed by atoms with van der Waals surface area (Å²) in [6.07, 6.45) is -4.53. The van der Waals surface area contributed by atoms with Crippen LogP contribution in [-0.2, 0) is 9.53 Å². The van der Waals surface area contributed by atoms with Crippen LogP contribution in [0.5, 0.6) is 0 Å². The number of halogens is 3. The first-order valence-corrected chi connectivity index (χ1v) is 5.57. The fourth-order valence-electron chi connectivity index (χ4n) is 2.27. The summed E-state index contributed by atoms with van der Waals surface area (Å²) in [4.78, 5) is 11.3. The van der Waals surface area contributed by atoms with Crippen molar-refractivity contribution < 1.29 is 27.8 Å². The van der Waals surface area contributed by atoms with E-state index in [9.17, 15) is 23.1 Å². The van der Waals surface area contributed by atoms with Crippen LogP contribution in [0.4, 0.5) is 13.2 Å². The van der Waals surface area contributed by atoms with E-state index in [1.54, 1.807) is 0 Å². The summed E-state index contributed by atoms with van der Waals surface area (Å²) in [5.41, 5.74) is -1.37. The number of rotatable bonds is 2. The van der Waals surface area contributed by atoms with Gasteiger partial charge in [-0.05, 0) is 32.6 Å². The molecule has 0 amide bonds. The van der Waals surface area contributed by atoms with Crippen molar-refractivity contribution in [3.63, 3.8) is 0 Å². The van der Waals surface area contributed by atoms with E-state index in [1.165, 1.54) is 14.0 Å². The lowest BCUT2D eigenvalue weighted by molar-refractivity contribution is -0.197. The van der Waals surface area contributed by atoms with Gasteiger partial charge in [-0.25, -0.2) is 0 Å². The van der Waals surface area contributed by atoms with Gasteiger partial charge < -0.3 is 9.84 Å². The lowest BCUT2D eigenvalue weighted by Crippen LogP contribution is -2.46. The number of alkyl halides is 3. The van der Waals surface area contributed by atoms with Crippen LogP contribution in [0.1, 0.15) is 32.6 Å². The van der Waals surface area contributed by atoms with Gasteiger partial charge in [-0.3, -0.25) is 4.79 Å². The van der Waals surface area contributed by atoms with Crippen LogP contribution in [0, 0.1) is 11.8 Å². The molecule has 1 saturated carbocycles. The molecule has 1 fully saturated rings. The minimum atomic E-state index is -4.21. The SMILES string of the molecule is COC(=O)C(C)C1(O)CCC(C(F)(F)F)CC1. The van der Waals surface area contributed by atoms with Gasteiger partial charge in [-0.15, -0.1) is 0 Å². The van der Waals surface area contributed by atoms with Gasteiger partial charge in [0.2, 0.25) is 0 Å². The van der Waals surface area contributed by atoms with Crippen LogP contribution < -0.4 is 0 Å². The zero-order valence-electron chi connectivity index (χ0n) is 9.88. The Morgan fingerprint density at radius 2 is 1.88 bits per heavy atom. The van der Waals surface area contributed by atoms with Gasteiger partial charge in [0, 0.05) is 0 Å². The molecule has 0 aromatic rings. The van der Waals surface area contributed by atoms with Crippen LogP contribution in [0.15, 0.2) is 0 Å². The molecule has 0 spiro atoms. The second-order valence-electron chi connectivity index (χ2n) is 4.66. The Balaban J connectivity index is 2.64. The molecule has 3 nitrogen and oxygen atoms in total. The minimum absolute atomic E-state index is 0.0204. The van der Waals surface area contributed by atoms with Crippen molar-refractivity contribution in [3.05, 3.63) is 0 Å². The number of hydrogen-bond donors (Lipinski definition) is 1. The lowest BCUT2D eigenvalue weighted by atomic mass is 9.72. The molecule has 0 aliphatic heterocycles. The van der Waals surface area contributed by atoms with Crippen molar-refractivity contribution in [1.29, 1.82) is 0 Å². The van der Waals surface area contributed by atoms with Crippen molar-refractivity contribution in [3.8, 4) is 0 Å². The molecule has 1 aliphatic carbocycles. The third-order valence-electron chi connectivity index (χ3n) is 3.68. The van der Waals surface area contributed by atoms with Crippen molar-refractivity contribution in [2.75, 3.05) is 7.11 Å². The van der Waals surface area contributed by atoms with Gasteiger partial charge in [0.05, 0.1) is 24.5 Å². The number of carbonyl (C=O) groups excluding carboxylic acids is 1. The number of esters is 1. The monoisotopic (exact) mass is 254 g/mol. The summed E-state index contributed by atoms with van der Waals surface area (Å²) in [6.45, 7) is 1.49. The lowest BCUT2D eigenvalue weighted by Gasteiger charge is -2.39. The Kier molecular flexibility index (Phi) is 4.06. The zero-order chi connectivity index (χ0) is 13.3. The van der Waals surface area contributed by atoms with Gasteiger partial charge in [0.1, 0.15) is 0 Å². The predicted octanol–water partition coefficient (Wildman–Crippen LogP) is 2.28. The molecule has 1 unspecified atom stereocenters. The summed E-state index contributed by atoms with van der Waals surface area (Å²) in [6, 6.07) is 0. The average Bonchev–Trinajstić information content (AvgIpc) is 2.26. The maximum Gasteiger partial charge on any atom is 0.391 e. The number of methoxy groups -OCH3 is 1. The van der Waals surface area contributed by atoms with E-state index >= 15 is 0 Å². The highest BCUT2D eigenvalue weighted by Gasteiger charge is 2.48. The molecule has 17 heavy (non-hydrogen) atoms. The Hall–Kier alpha value is -0.780. The molecule has 1 aliphatic rings. The van der Waals surface area contributed by atoms with Gasteiger partial charge in [-0.2, -0.15) is 13.2 Å². The summed E-state index contributed by atoms with van der Waals surface area (Å²) in [5.74, 6) is -2.74. The number of ether oxygens (including phenoxy) is 1. The Morgan fingerprint density at radius 3 is 2.24 bits per heavy atom. The molecule has 6 heteroatoms. The Morgan fingerprint density at radius 1 is 1.41 bits per heavy atom. The van der Waals surface area contributed by atoms with E-state index < -0.39 is 29.6 Å². The third-order valence-corrected chi connectivity index (χ3v) is 3.68. The van der Waals surface area contributed by atoms with Gasteiger partial charge in [-0.1, -0.05) is 0 Å². The highest BCUT2D eigenvalue weighted by molar-refractivity contribution is 5.73. The van der Waals surface area contributed by atoms with Crippen LogP contribution in [0.3, 0.4) is 0 Å². The topological polar surface area (TPSA) is 46.5 Å². The quantitative estimate of drug-likeness (QED) is 0.769. The molecule has 1 atom stereocenters. The minimum Gasteiger partial charge on any atom is -0.469 e. The summed E-state index contributed by atoms with van der Waals surface area (Å²) in [7, 11) is 1.20. The zero-order valence-corrected chi connectivity index (χ0v) is 9.88. The first kappa shape index (κ1) is 14.3. The molecule has 0 heterocycles. The molecule has 1 rings (SSSR count). The van der Waals surface area contributed by atoms with E-state index in [-0.39, 0.29) is 25.7 Å². The van der Waals surface area contributed by atoms with Gasteiger partial charge in [0.15, 0.2) is 0 Å². The standard InChI is InChI=1S/C11H17F3O3/c1-7(9(15)17-2)10(16)5-3-8(4-6-10)11(12,13)14/h7-8,16H,3-6H2,1-2H3. The Bertz CT molecular complexity index is 280. The predicted molar refractivity (Wildman–Crippen MR) is 54.1 cm³/mol. The van der Waals surface area contributed by atoms with E-state index in [4.69, 9.17) is 0 Å². The Labute approximate surface area is 97.9 Å². The van der Waals surface area contributed by atoms with Crippen LogP contribution in [0.25, 0.3) is 0 Å². The average molecular weight is 254 g/mol. The normalized spacial score (nSPS) is 32.0. The van der Waals surface area contributed by atoms with Gasteiger partial charge >= 0.3 is 12.1 Å². The van der Waals surface area contributed by atoms with Crippen LogP contribution >= 0.6 is 0 Å². The molecule has 0 aromatic heterocycles. The number of aliphatic hydroxyl groups is 1. The summed E-state index contributed by atoms with van der Waals surface area (Å²) >= 11 is 0. The second-order valence-corrected chi connectivity index (χ2v) is 4.66. The summed E-state index contributed by atoms with van der Waals surface area (Å²) < 4.78 is 41.8. The van der Waals surface area contributed by atoms with Crippen LogP contribution in [-0.4, -0.2) is 30.0 Å². The largest absolute Gasteiger partial charge is 0.469 e. The molecule has 0 bridgehead atoms. The van der Waals surface area contributed by atoms with Crippen molar-refractivity contribution >= 4 is 5.97 Å². The fraction of sp³-hybridized carbons (Fsp3) is 0.909. The fourth-order valence-corrected chi connectivity index (χ4v) is 2.27. The molecular weight excluding hydrogens is 237 g/mol. The van der Waals surface area contributed by atoms with Crippen molar-refractivity contribution in [1.82, 2.24) is 0 Å². The highest BCUT2D eigenvalue weighted by Crippen LogP contribution is 2.43. The molecular formula is C11H17F3O3.